The molecule has 0 saturated heterocycles. The van der Waals surface area contributed by atoms with Gasteiger partial charge in [0.1, 0.15) is 0 Å². The molecular formula is C18H48N3O5PS2. The summed E-state index contributed by atoms with van der Waals surface area (Å²) in [5, 5.41) is 0. The summed E-state index contributed by atoms with van der Waals surface area (Å²) in [6.45, 7) is 13.1. The van der Waals surface area contributed by atoms with E-state index >= 15 is 0 Å². The van der Waals surface area contributed by atoms with E-state index in [1.807, 2.05) is 0 Å². The number of ether oxygens (including phenoxy) is 3. The highest BCUT2D eigenvalue weighted by Crippen LogP contribution is 2.39. The monoisotopic (exact) mass is 481 g/mol. The Bertz CT molecular complexity index is 250. The zero-order chi connectivity index (χ0) is 23.2. The minimum atomic E-state index is -3.11. The summed E-state index contributed by atoms with van der Waals surface area (Å²) < 4.78 is 15.3. The van der Waals surface area contributed by atoms with E-state index in [0.29, 0.717) is 39.5 Å². The van der Waals surface area contributed by atoms with Crippen LogP contribution in [0.15, 0.2) is 0 Å². The molecule has 0 spiro atoms. The van der Waals surface area contributed by atoms with E-state index < -0.39 is 5.69 Å². The molecule has 0 heterocycles. The molecule has 0 aromatic rings. The van der Waals surface area contributed by atoms with Crippen LogP contribution >= 0.6 is 17.9 Å². The molecule has 0 radical (unpaired) electrons. The molecular weight excluding hydrogens is 433 g/mol. The van der Waals surface area contributed by atoms with E-state index in [4.69, 9.17) is 41.2 Å². The molecule has 0 atom stereocenters. The van der Waals surface area contributed by atoms with Gasteiger partial charge in [0.25, 0.3) is 0 Å². The molecule has 182 valence electrons. The molecule has 11 heteroatoms. The minimum Gasteiger partial charge on any atom is -0.380 e. The van der Waals surface area contributed by atoms with E-state index in [9.17, 15) is 0 Å². The zero-order valence-electron chi connectivity index (χ0n) is 18.8. The van der Waals surface area contributed by atoms with E-state index in [1.54, 1.807) is 0 Å². The normalized spacial score (nSPS) is 10.1. The van der Waals surface area contributed by atoms with Crippen molar-refractivity contribution in [3.63, 3.8) is 0 Å². The topological polar surface area (TPSA) is 146 Å². The standard InChI is InChI=1S/3C6H15NO.H3O2PS2/c3*1-2-3-5-8-6-4-7;1-3(2,4)5/h3*2-7H2,1H3;(H3,1,2,4,5). The van der Waals surface area contributed by atoms with Gasteiger partial charge in [0.15, 0.2) is 0 Å². The number of rotatable bonds is 15. The summed E-state index contributed by atoms with van der Waals surface area (Å²) >= 11 is 7.07. The third-order valence-electron chi connectivity index (χ3n) is 2.71. The van der Waals surface area contributed by atoms with Gasteiger partial charge in [0.2, 0.25) is 5.69 Å². The molecule has 0 aliphatic rings. The second kappa shape index (κ2) is 36.1. The highest BCUT2D eigenvalue weighted by atomic mass is 32.9. The van der Waals surface area contributed by atoms with Crippen LogP contribution in [0.5, 0.6) is 0 Å². The summed E-state index contributed by atoms with van der Waals surface area (Å²) in [5.74, 6) is 0. The van der Waals surface area contributed by atoms with Gasteiger partial charge in [0.05, 0.1) is 19.8 Å². The smallest absolute Gasteiger partial charge is 0.239 e. The van der Waals surface area contributed by atoms with Gasteiger partial charge in [-0.25, -0.2) is 0 Å². The summed E-state index contributed by atoms with van der Waals surface area (Å²) in [7, 11) is 0. The van der Waals surface area contributed by atoms with Crippen molar-refractivity contribution in [2.75, 3.05) is 59.3 Å². The SMILES string of the molecule is CCCCOCCN.CCCCOCCN.CCCCOCCN.OP(O)(=S)S. The highest BCUT2D eigenvalue weighted by Gasteiger charge is 1.90. The molecule has 0 saturated carbocycles. The largest absolute Gasteiger partial charge is 0.380 e. The lowest BCUT2D eigenvalue weighted by atomic mass is 10.4. The Kier molecular flexibility index (Phi) is 46.1. The Balaban J connectivity index is -0.000000146. The lowest BCUT2D eigenvalue weighted by Gasteiger charge is -1.97. The van der Waals surface area contributed by atoms with Crippen molar-refractivity contribution in [2.24, 2.45) is 17.2 Å². The van der Waals surface area contributed by atoms with Gasteiger partial charge in [-0.15, -0.1) is 0 Å². The molecule has 0 rings (SSSR count). The summed E-state index contributed by atoms with van der Waals surface area (Å²) in [4.78, 5) is 15.7. The summed E-state index contributed by atoms with van der Waals surface area (Å²) in [6, 6.07) is 0. The molecule has 0 unspecified atom stereocenters. The molecule has 0 amide bonds. The molecule has 0 aromatic heterocycles. The third-order valence-corrected chi connectivity index (χ3v) is 2.71. The molecule has 8 N–H and O–H groups in total. The van der Waals surface area contributed by atoms with Crippen molar-refractivity contribution in [1.82, 2.24) is 0 Å². The predicted molar refractivity (Wildman–Crippen MR) is 132 cm³/mol. The van der Waals surface area contributed by atoms with Gasteiger partial charge in [-0.05, 0) is 31.1 Å². The lowest BCUT2D eigenvalue weighted by Crippen LogP contribution is -2.08. The molecule has 0 fully saturated rings. The van der Waals surface area contributed by atoms with Crippen molar-refractivity contribution in [2.45, 2.75) is 59.3 Å². The second-order valence-electron chi connectivity index (χ2n) is 5.78. The average molecular weight is 482 g/mol. The van der Waals surface area contributed by atoms with Gasteiger partial charge in [-0.3, -0.25) is 0 Å². The molecule has 0 aliphatic heterocycles. The van der Waals surface area contributed by atoms with Crippen LogP contribution in [0, 0.1) is 0 Å². The molecule has 0 aliphatic carbocycles. The fourth-order valence-corrected chi connectivity index (χ4v) is 1.30. The van der Waals surface area contributed by atoms with Crippen LogP contribution in [0.2, 0.25) is 0 Å². The Hall–Kier alpha value is 0.680. The van der Waals surface area contributed by atoms with Gasteiger partial charge in [-0.2, -0.15) is 0 Å². The Morgan fingerprint density at radius 1 is 0.655 bits per heavy atom. The molecule has 0 aromatic carbocycles. The van der Waals surface area contributed by atoms with Crippen LogP contribution in [-0.2, 0) is 26.0 Å². The first-order chi connectivity index (χ1) is 13.7. The van der Waals surface area contributed by atoms with Crippen LogP contribution in [0.1, 0.15) is 59.3 Å². The highest BCUT2D eigenvalue weighted by molar-refractivity contribution is 8.59. The lowest BCUT2D eigenvalue weighted by molar-refractivity contribution is 0.138. The number of hydrogen-bond acceptors (Lipinski definition) is 7. The van der Waals surface area contributed by atoms with E-state index in [1.165, 1.54) is 19.3 Å². The van der Waals surface area contributed by atoms with Crippen LogP contribution in [0.4, 0.5) is 0 Å². The fraction of sp³-hybridized carbons (Fsp3) is 1.00. The Morgan fingerprint density at radius 3 is 1.00 bits per heavy atom. The van der Waals surface area contributed by atoms with E-state index in [2.05, 4.69) is 44.8 Å². The third kappa shape index (κ3) is 83.0. The number of unbranched alkanes of at least 4 members (excludes halogenated alkanes) is 3. The average Bonchev–Trinajstić information content (AvgIpc) is 2.66. The van der Waals surface area contributed by atoms with Crippen molar-refractivity contribution < 1.29 is 24.0 Å². The van der Waals surface area contributed by atoms with Gasteiger partial charge in [0, 0.05) is 39.5 Å². The zero-order valence-corrected chi connectivity index (χ0v) is 21.4. The minimum absolute atomic E-state index is 0.643. The molecule has 0 bridgehead atoms. The predicted octanol–water partition coefficient (Wildman–Crippen LogP) is 2.41. The second-order valence-corrected chi connectivity index (χ2v) is 10.8. The van der Waals surface area contributed by atoms with Crippen molar-refractivity contribution >= 4 is 29.7 Å². The van der Waals surface area contributed by atoms with Crippen molar-refractivity contribution in [3.8, 4) is 0 Å². The Labute approximate surface area is 189 Å². The van der Waals surface area contributed by atoms with Crippen molar-refractivity contribution in [3.05, 3.63) is 0 Å². The number of nitrogens with two attached hydrogens (primary N) is 3. The maximum absolute atomic E-state index is 7.87. The molecule has 8 nitrogen and oxygen atoms in total. The van der Waals surface area contributed by atoms with E-state index in [-0.39, 0.29) is 0 Å². The summed E-state index contributed by atoms with van der Waals surface area (Å²) in [5.41, 5.74) is 12.4. The first-order valence-electron chi connectivity index (χ1n) is 10.4. The van der Waals surface area contributed by atoms with Crippen molar-refractivity contribution in [1.29, 1.82) is 0 Å². The van der Waals surface area contributed by atoms with Gasteiger partial charge in [-0.1, -0.05) is 52.3 Å². The summed E-state index contributed by atoms with van der Waals surface area (Å²) in [6.07, 6.45) is 7.06. The first-order valence-corrected chi connectivity index (χ1v) is 14.2. The van der Waals surface area contributed by atoms with Crippen LogP contribution in [0.3, 0.4) is 0 Å². The van der Waals surface area contributed by atoms with Gasteiger partial charge >= 0.3 is 0 Å². The van der Waals surface area contributed by atoms with Gasteiger partial charge < -0.3 is 41.2 Å². The number of hydrogen-bond donors (Lipinski definition) is 6. The fourth-order valence-electron chi connectivity index (χ4n) is 1.30. The maximum atomic E-state index is 7.87. The molecule has 29 heavy (non-hydrogen) atoms. The first kappa shape index (κ1) is 37.0. The van der Waals surface area contributed by atoms with Crippen LogP contribution in [0.25, 0.3) is 0 Å². The van der Waals surface area contributed by atoms with E-state index in [0.717, 1.165) is 39.1 Å². The maximum Gasteiger partial charge on any atom is 0.239 e. The Morgan fingerprint density at radius 2 is 0.862 bits per heavy atom. The van der Waals surface area contributed by atoms with Crippen LogP contribution < -0.4 is 17.2 Å². The van der Waals surface area contributed by atoms with Crippen LogP contribution in [-0.4, -0.2) is 69.1 Å². The number of thiol groups is 1. The quantitative estimate of drug-likeness (QED) is 0.118.